The van der Waals surface area contributed by atoms with Crippen molar-refractivity contribution in [2.24, 2.45) is 11.3 Å². The summed E-state index contributed by atoms with van der Waals surface area (Å²) in [5, 5.41) is 20.9. The minimum Gasteiger partial charge on any atom is -0.396 e. The SMILES string of the molecule is CC(CO)C(C)NCC(C)(C)CCC#N. The molecule has 0 saturated heterocycles. The van der Waals surface area contributed by atoms with Crippen molar-refractivity contribution in [3.05, 3.63) is 0 Å². The molecule has 0 rings (SSSR count). The Labute approximate surface area is 93.5 Å². The van der Waals surface area contributed by atoms with Gasteiger partial charge in [0.15, 0.2) is 0 Å². The van der Waals surface area contributed by atoms with E-state index in [1.807, 2.05) is 6.92 Å². The first-order valence-electron chi connectivity index (χ1n) is 5.64. The summed E-state index contributed by atoms with van der Waals surface area (Å²) in [5.74, 6) is 0.275. The van der Waals surface area contributed by atoms with Crippen molar-refractivity contribution >= 4 is 0 Å². The Kier molecular flexibility index (Phi) is 6.55. The predicted molar refractivity (Wildman–Crippen MR) is 62.3 cm³/mol. The van der Waals surface area contributed by atoms with Gasteiger partial charge in [-0.2, -0.15) is 5.26 Å². The second kappa shape index (κ2) is 6.81. The van der Waals surface area contributed by atoms with E-state index in [9.17, 15) is 0 Å². The number of nitrogens with one attached hydrogen (secondary N) is 1. The summed E-state index contributed by atoms with van der Waals surface area (Å²) >= 11 is 0. The van der Waals surface area contributed by atoms with Crippen molar-refractivity contribution in [1.29, 1.82) is 5.26 Å². The van der Waals surface area contributed by atoms with Crippen LogP contribution in [0.15, 0.2) is 0 Å². The monoisotopic (exact) mass is 212 g/mol. The molecule has 0 aliphatic rings. The van der Waals surface area contributed by atoms with Gasteiger partial charge in [-0.05, 0) is 24.7 Å². The van der Waals surface area contributed by atoms with Gasteiger partial charge in [-0.3, -0.25) is 0 Å². The highest BCUT2D eigenvalue weighted by molar-refractivity contribution is 4.80. The Bertz CT molecular complexity index is 208. The molecule has 0 radical (unpaired) electrons. The van der Waals surface area contributed by atoms with Crippen LogP contribution in [-0.2, 0) is 0 Å². The number of rotatable bonds is 7. The van der Waals surface area contributed by atoms with Gasteiger partial charge in [-0.25, -0.2) is 0 Å². The van der Waals surface area contributed by atoms with E-state index in [1.54, 1.807) is 0 Å². The fraction of sp³-hybridized carbons (Fsp3) is 0.917. The highest BCUT2D eigenvalue weighted by Gasteiger charge is 2.19. The van der Waals surface area contributed by atoms with Crippen LogP contribution in [0, 0.1) is 22.7 Å². The van der Waals surface area contributed by atoms with Crippen LogP contribution < -0.4 is 5.32 Å². The maximum Gasteiger partial charge on any atom is 0.0621 e. The molecule has 2 unspecified atom stereocenters. The molecule has 0 aromatic rings. The van der Waals surface area contributed by atoms with Crippen molar-refractivity contribution in [3.8, 4) is 6.07 Å². The first kappa shape index (κ1) is 14.4. The molecule has 0 aliphatic heterocycles. The molecule has 0 spiro atoms. The molecule has 0 aromatic carbocycles. The molecule has 0 saturated carbocycles. The average molecular weight is 212 g/mol. The Morgan fingerprint density at radius 1 is 1.40 bits per heavy atom. The van der Waals surface area contributed by atoms with Gasteiger partial charge in [-0.15, -0.1) is 0 Å². The molecule has 0 amide bonds. The molecule has 2 atom stereocenters. The maximum atomic E-state index is 8.99. The van der Waals surface area contributed by atoms with Gasteiger partial charge in [0.2, 0.25) is 0 Å². The first-order valence-corrected chi connectivity index (χ1v) is 5.64. The van der Waals surface area contributed by atoms with Crippen molar-refractivity contribution in [1.82, 2.24) is 5.32 Å². The van der Waals surface area contributed by atoms with E-state index in [-0.39, 0.29) is 17.9 Å². The topological polar surface area (TPSA) is 56.0 Å². The smallest absolute Gasteiger partial charge is 0.0621 e. The second-order valence-electron chi connectivity index (χ2n) is 5.15. The summed E-state index contributed by atoms with van der Waals surface area (Å²) in [6.45, 7) is 9.54. The highest BCUT2D eigenvalue weighted by atomic mass is 16.3. The van der Waals surface area contributed by atoms with Crippen molar-refractivity contribution in [2.75, 3.05) is 13.2 Å². The van der Waals surface area contributed by atoms with Gasteiger partial charge in [0, 0.05) is 25.6 Å². The van der Waals surface area contributed by atoms with Gasteiger partial charge in [0.1, 0.15) is 0 Å². The Morgan fingerprint density at radius 3 is 2.47 bits per heavy atom. The molecule has 0 aromatic heterocycles. The van der Waals surface area contributed by atoms with E-state index in [4.69, 9.17) is 10.4 Å². The number of aliphatic hydroxyl groups excluding tert-OH is 1. The maximum absolute atomic E-state index is 8.99. The first-order chi connectivity index (χ1) is 6.93. The third kappa shape index (κ3) is 6.48. The largest absolute Gasteiger partial charge is 0.396 e. The van der Waals surface area contributed by atoms with Crippen LogP contribution >= 0.6 is 0 Å². The van der Waals surface area contributed by atoms with Crippen molar-refractivity contribution < 1.29 is 5.11 Å². The van der Waals surface area contributed by atoms with E-state index in [0.29, 0.717) is 12.5 Å². The van der Waals surface area contributed by atoms with Gasteiger partial charge in [0.05, 0.1) is 6.07 Å². The summed E-state index contributed by atoms with van der Waals surface area (Å²) in [4.78, 5) is 0. The summed E-state index contributed by atoms with van der Waals surface area (Å²) in [6.07, 6.45) is 1.52. The fourth-order valence-corrected chi connectivity index (χ4v) is 1.28. The molecule has 2 N–H and O–H groups in total. The summed E-state index contributed by atoms with van der Waals surface area (Å²) in [6, 6.07) is 2.49. The molecular weight excluding hydrogens is 188 g/mol. The normalized spacial score (nSPS) is 15.7. The third-order valence-electron chi connectivity index (χ3n) is 2.96. The summed E-state index contributed by atoms with van der Waals surface area (Å²) in [7, 11) is 0. The van der Waals surface area contributed by atoms with E-state index in [2.05, 4.69) is 32.2 Å². The second-order valence-corrected chi connectivity index (χ2v) is 5.15. The number of nitrogens with zero attached hydrogens (tertiary/aromatic N) is 1. The molecule has 88 valence electrons. The van der Waals surface area contributed by atoms with E-state index < -0.39 is 0 Å². The van der Waals surface area contributed by atoms with Crippen LogP contribution in [0.2, 0.25) is 0 Å². The highest BCUT2D eigenvalue weighted by Crippen LogP contribution is 2.21. The van der Waals surface area contributed by atoms with E-state index in [1.165, 1.54) is 0 Å². The molecule has 0 aliphatic carbocycles. The third-order valence-corrected chi connectivity index (χ3v) is 2.96. The van der Waals surface area contributed by atoms with Crippen LogP contribution in [0.25, 0.3) is 0 Å². The number of hydrogen-bond acceptors (Lipinski definition) is 3. The van der Waals surface area contributed by atoms with E-state index >= 15 is 0 Å². The van der Waals surface area contributed by atoms with Crippen molar-refractivity contribution in [2.45, 2.75) is 46.6 Å². The lowest BCUT2D eigenvalue weighted by atomic mass is 9.87. The van der Waals surface area contributed by atoms with Crippen LogP contribution in [0.4, 0.5) is 0 Å². The quantitative estimate of drug-likeness (QED) is 0.678. The lowest BCUT2D eigenvalue weighted by Gasteiger charge is -2.28. The molecular formula is C12H24N2O. The molecule has 15 heavy (non-hydrogen) atoms. The number of aliphatic hydroxyl groups is 1. The lowest BCUT2D eigenvalue weighted by molar-refractivity contribution is 0.195. The van der Waals surface area contributed by atoms with Gasteiger partial charge in [-0.1, -0.05) is 20.8 Å². The fourth-order valence-electron chi connectivity index (χ4n) is 1.28. The van der Waals surface area contributed by atoms with Gasteiger partial charge in [0.25, 0.3) is 0 Å². The molecule has 0 fully saturated rings. The van der Waals surface area contributed by atoms with Crippen LogP contribution in [0.1, 0.15) is 40.5 Å². The van der Waals surface area contributed by atoms with Gasteiger partial charge < -0.3 is 10.4 Å². The number of nitriles is 1. The average Bonchev–Trinajstić information content (AvgIpc) is 2.22. The Morgan fingerprint density at radius 2 is 2.00 bits per heavy atom. The van der Waals surface area contributed by atoms with Crippen LogP contribution in [0.3, 0.4) is 0 Å². The van der Waals surface area contributed by atoms with Crippen molar-refractivity contribution in [3.63, 3.8) is 0 Å². The molecule has 3 nitrogen and oxygen atoms in total. The minimum absolute atomic E-state index is 0.152. The zero-order valence-corrected chi connectivity index (χ0v) is 10.4. The predicted octanol–water partition coefficient (Wildman–Crippen LogP) is 1.92. The lowest BCUT2D eigenvalue weighted by Crippen LogP contribution is -2.39. The summed E-state index contributed by atoms with van der Waals surface area (Å²) in [5.41, 5.74) is 0.152. The zero-order valence-electron chi connectivity index (χ0n) is 10.4. The zero-order chi connectivity index (χ0) is 11.9. The molecule has 0 heterocycles. The Hall–Kier alpha value is -0.590. The van der Waals surface area contributed by atoms with E-state index in [0.717, 1.165) is 13.0 Å². The van der Waals surface area contributed by atoms with Crippen LogP contribution in [-0.4, -0.2) is 24.3 Å². The molecule has 0 bridgehead atoms. The summed E-state index contributed by atoms with van der Waals surface area (Å²) < 4.78 is 0. The standard InChI is InChI=1S/C12H24N2O/c1-10(8-15)11(2)14-9-12(3,4)6-5-7-13/h10-11,14-15H,5-6,8-9H2,1-4H3. The van der Waals surface area contributed by atoms with Gasteiger partial charge >= 0.3 is 0 Å². The van der Waals surface area contributed by atoms with Crippen LogP contribution in [0.5, 0.6) is 0 Å². The molecule has 3 heteroatoms. The number of hydrogen-bond donors (Lipinski definition) is 2. The minimum atomic E-state index is 0.152. The Balaban J connectivity index is 3.87.